The molecule has 0 bridgehead atoms. The molecule has 0 atom stereocenters. The fourth-order valence-corrected chi connectivity index (χ4v) is 3.11. The van der Waals surface area contributed by atoms with Crippen LogP contribution < -0.4 is 10.5 Å². The van der Waals surface area contributed by atoms with Gasteiger partial charge < -0.3 is 14.6 Å². The Kier molecular flexibility index (Phi) is 4.41. The molecule has 0 radical (unpaired) electrons. The third kappa shape index (κ3) is 3.48. The smallest absolute Gasteiger partial charge is 0.250 e. The molecule has 6 heteroatoms. The van der Waals surface area contributed by atoms with Gasteiger partial charge in [0.05, 0.1) is 17.8 Å². The SMILES string of the molecule is Cc1ccn(CC2(O)CCN(c3ccc(F)cc3F)CC2)c(=O)c1. The number of rotatable bonds is 3. The van der Waals surface area contributed by atoms with E-state index in [0.717, 1.165) is 11.6 Å². The lowest BCUT2D eigenvalue weighted by atomic mass is 9.91. The third-order valence-electron chi connectivity index (χ3n) is 4.56. The second-order valence-electron chi connectivity index (χ2n) is 6.48. The van der Waals surface area contributed by atoms with Gasteiger partial charge in [0.15, 0.2) is 0 Å². The van der Waals surface area contributed by atoms with Crippen molar-refractivity contribution in [3.63, 3.8) is 0 Å². The van der Waals surface area contributed by atoms with Crippen LogP contribution in [0, 0.1) is 18.6 Å². The summed E-state index contributed by atoms with van der Waals surface area (Å²) < 4.78 is 28.4. The van der Waals surface area contributed by atoms with Gasteiger partial charge in [-0.25, -0.2) is 8.78 Å². The first kappa shape index (κ1) is 16.6. The topological polar surface area (TPSA) is 45.5 Å². The highest BCUT2D eigenvalue weighted by molar-refractivity contribution is 5.48. The molecular weight excluding hydrogens is 314 g/mol. The van der Waals surface area contributed by atoms with Crippen molar-refractivity contribution in [2.75, 3.05) is 18.0 Å². The molecule has 1 fully saturated rings. The first-order valence-electron chi connectivity index (χ1n) is 7.96. The van der Waals surface area contributed by atoms with Gasteiger partial charge in [0, 0.05) is 31.4 Å². The normalized spacial score (nSPS) is 17.1. The van der Waals surface area contributed by atoms with Crippen LogP contribution in [-0.4, -0.2) is 28.4 Å². The monoisotopic (exact) mass is 334 g/mol. The molecular formula is C18H20F2N2O2. The summed E-state index contributed by atoms with van der Waals surface area (Å²) in [7, 11) is 0. The first-order chi connectivity index (χ1) is 11.4. The lowest BCUT2D eigenvalue weighted by Gasteiger charge is -2.39. The van der Waals surface area contributed by atoms with Crippen molar-refractivity contribution in [2.24, 2.45) is 0 Å². The molecule has 3 rings (SSSR count). The average Bonchev–Trinajstić information content (AvgIpc) is 2.52. The Labute approximate surface area is 139 Å². The van der Waals surface area contributed by atoms with Gasteiger partial charge in [0.2, 0.25) is 0 Å². The summed E-state index contributed by atoms with van der Waals surface area (Å²) in [5.41, 5.74) is 0.0674. The number of hydrogen-bond donors (Lipinski definition) is 1. The Balaban J connectivity index is 1.70. The lowest BCUT2D eigenvalue weighted by Crippen LogP contribution is -2.48. The van der Waals surface area contributed by atoms with Gasteiger partial charge in [-0.05, 0) is 43.5 Å². The number of hydrogen-bond acceptors (Lipinski definition) is 3. The molecule has 1 saturated heterocycles. The molecule has 2 aromatic rings. The van der Waals surface area contributed by atoms with Crippen LogP contribution in [0.3, 0.4) is 0 Å². The van der Waals surface area contributed by atoms with Crippen LogP contribution in [0.1, 0.15) is 18.4 Å². The number of pyridine rings is 1. The number of aryl methyl sites for hydroxylation is 1. The van der Waals surface area contributed by atoms with Gasteiger partial charge in [-0.1, -0.05) is 0 Å². The van der Waals surface area contributed by atoms with E-state index in [4.69, 9.17) is 0 Å². The number of anilines is 1. The van der Waals surface area contributed by atoms with Gasteiger partial charge in [-0.15, -0.1) is 0 Å². The van der Waals surface area contributed by atoms with E-state index in [9.17, 15) is 18.7 Å². The Morgan fingerprint density at radius 3 is 2.50 bits per heavy atom. The zero-order valence-electron chi connectivity index (χ0n) is 13.5. The lowest BCUT2D eigenvalue weighted by molar-refractivity contribution is -0.00101. The van der Waals surface area contributed by atoms with Gasteiger partial charge in [-0.2, -0.15) is 0 Å². The van der Waals surface area contributed by atoms with Crippen LogP contribution in [0.2, 0.25) is 0 Å². The van der Waals surface area contributed by atoms with Crippen LogP contribution in [0.5, 0.6) is 0 Å². The number of aliphatic hydroxyl groups is 1. The second-order valence-corrected chi connectivity index (χ2v) is 6.48. The summed E-state index contributed by atoms with van der Waals surface area (Å²) in [6.45, 7) is 2.95. The molecule has 128 valence electrons. The standard InChI is InChI=1S/C18H20F2N2O2/c1-13-4-7-22(17(23)10-13)12-18(24)5-8-21(9-6-18)16-3-2-14(19)11-15(16)20/h2-4,7,10-11,24H,5-6,8-9,12H2,1H3. The second kappa shape index (κ2) is 6.36. The first-order valence-corrected chi connectivity index (χ1v) is 7.96. The van der Waals surface area contributed by atoms with E-state index in [0.29, 0.717) is 31.6 Å². The molecule has 0 spiro atoms. The van der Waals surface area contributed by atoms with Crippen molar-refractivity contribution in [3.05, 3.63) is 64.1 Å². The van der Waals surface area contributed by atoms with Gasteiger partial charge in [-0.3, -0.25) is 4.79 Å². The molecule has 1 aromatic heterocycles. The predicted molar refractivity (Wildman–Crippen MR) is 88.2 cm³/mol. The molecule has 1 aromatic carbocycles. The number of piperidine rings is 1. The van der Waals surface area contributed by atoms with E-state index in [2.05, 4.69) is 0 Å². The van der Waals surface area contributed by atoms with Crippen molar-refractivity contribution in [3.8, 4) is 0 Å². The van der Waals surface area contributed by atoms with Crippen molar-refractivity contribution < 1.29 is 13.9 Å². The molecule has 0 amide bonds. The molecule has 0 unspecified atom stereocenters. The molecule has 0 aliphatic carbocycles. The summed E-state index contributed by atoms with van der Waals surface area (Å²) in [5, 5.41) is 10.8. The van der Waals surface area contributed by atoms with Crippen molar-refractivity contribution in [1.82, 2.24) is 4.57 Å². The van der Waals surface area contributed by atoms with Crippen LogP contribution in [0.15, 0.2) is 41.3 Å². The van der Waals surface area contributed by atoms with E-state index in [1.54, 1.807) is 11.1 Å². The molecule has 0 saturated carbocycles. The van der Waals surface area contributed by atoms with E-state index in [-0.39, 0.29) is 12.1 Å². The molecule has 4 nitrogen and oxygen atoms in total. The van der Waals surface area contributed by atoms with Gasteiger partial charge in [0.25, 0.3) is 5.56 Å². The van der Waals surface area contributed by atoms with E-state index in [1.165, 1.54) is 22.8 Å². The molecule has 2 heterocycles. The molecule has 1 aliphatic heterocycles. The van der Waals surface area contributed by atoms with E-state index < -0.39 is 17.2 Å². The minimum Gasteiger partial charge on any atom is -0.388 e. The summed E-state index contributed by atoms with van der Waals surface area (Å²) in [5.74, 6) is -1.21. The maximum absolute atomic E-state index is 13.9. The summed E-state index contributed by atoms with van der Waals surface area (Å²) in [6.07, 6.45) is 2.50. The van der Waals surface area contributed by atoms with Crippen molar-refractivity contribution in [1.29, 1.82) is 0 Å². The Bertz CT molecular complexity index is 796. The molecule has 1 N–H and O–H groups in total. The van der Waals surface area contributed by atoms with Crippen LogP contribution in [-0.2, 0) is 6.54 Å². The maximum Gasteiger partial charge on any atom is 0.250 e. The third-order valence-corrected chi connectivity index (χ3v) is 4.56. The molecule has 24 heavy (non-hydrogen) atoms. The van der Waals surface area contributed by atoms with E-state index >= 15 is 0 Å². The fourth-order valence-electron chi connectivity index (χ4n) is 3.11. The number of benzene rings is 1. The zero-order chi connectivity index (χ0) is 17.3. The van der Waals surface area contributed by atoms with Gasteiger partial charge >= 0.3 is 0 Å². The largest absolute Gasteiger partial charge is 0.388 e. The van der Waals surface area contributed by atoms with Gasteiger partial charge in [0.1, 0.15) is 11.6 Å². The van der Waals surface area contributed by atoms with E-state index in [1.807, 2.05) is 13.0 Å². The number of halogens is 2. The summed E-state index contributed by atoms with van der Waals surface area (Å²) >= 11 is 0. The van der Waals surface area contributed by atoms with Crippen LogP contribution in [0.25, 0.3) is 0 Å². The minimum atomic E-state index is -1.01. The number of aromatic nitrogens is 1. The average molecular weight is 334 g/mol. The van der Waals surface area contributed by atoms with Crippen molar-refractivity contribution in [2.45, 2.75) is 31.9 Å². The minimum absolute atomic E-state index is 0.143. The summed E-state index contributed by atoms with van der Waals surface area (Å²) in [4.78, 5) is 13.8. The Hall–Kier alpha value is -2.21. The summed E-state index contributed by atoms with van der Waals surface area (Å²) in [6, 6.07) is 6.87. The highest BCUT2D eigenvalue weighted by Crippen LogP contribution is 2.29. The highest BCUT2D eigenvalue weighted by atomic mass is 19.1. The predicted octanol–water partition coefficient (Wildman–Crippen LogP) is 2.47. The zero-order valence-corrected chi connectivity index (χ0v) is 13.5. The van der Waals surface area contributed by atoms with Crippen molar-refractivity contribution >= 4 is 5.69 Å². The Morgan fingerprint density at radius 2 is 1.88 bits per heavy atom. The molecule has 1 aliphatic rings. The quantitative estimate of drug-likeness (QED) is 0.938. The van der Waals surface area contributed by atoms with Crippen LogP contribution >= 0.6 is 0 Å². The Morgan fingerprint density at radius 1 is 1.17 bits per heavy atom. The number of nitrogens with zero attached hydrogens (tertiary/aromatic N) is 2. The van der Waals surface area contributed by atoms with Crippen LogP contribution in [0.4, 0.5) is 14.5 Å². The fraction of sp³-hybridized carbons (Fsp3) is 0.389. The maximum atomic E-state index is 13.9. The highest BCUT2D eigenvalue weighted by Gasteiger charge is 2.33.